The Bertz CT molecular complexity index is 265. The second-order valence-corrected chi connectivity index (χ2v) is 2.79. The van der Waals surface area contributed by atoms with Crippen molar-refractivity contribution in [3.8, 4) is 6.01 Å². The van der Waals surface area contributed by atoms with E-state index in [1.54, 1.807) is 7.11 Å². The highest BCUT2D eigenvalue weighted by atomic mass is 16.5. The molecule has 1 fully saturated rings. The predicted molar refractivity (Wildman–Crippen MR) is 41.5 cm³/mol. The number of hydrogen-bond acceptors (Lipinski definition) is 3. The average molecular weight is 153 g/mol. The summed E-state index contributed by atoms with van der Waals surface area (Å²) < 4.78 is 7.03. The van der Waals surface area contributed by atoms with Crippen molar-refractivity contribution >= 4 is 5.82 Å². The number of nitrogens with two attached hydrogens (primary N) is 1. The van der Waals surface area contributed by atoms with Gasteiger partial charge in [-0.3, -0.25) is 4.57 Å². The number of nitrogens with zero attached hydrogens (tertiary/aromatic N) is 2. The third-order valence-electron chi connectivity index (χ3n) is 1.84. The van der Waals surface area contributed by atoms with Crippen molar-refractivity contribution in [2.24, 2.45) is 0 Å². The SMILES string of the molecule is COc1nc(N)cn1C1CC1. The smallest absolute Gasteiger partial charge is 0.298 e. The van der Waals surface area contributed by atoms with Crippen LogP contribution in [0.4, 0.5) is 5.82 Å². The van der Waals surface area contributed by atoms with Crippen molar-refractivity contribution in [3.05, 3.63) is 6.20 Å². The van der Waals surface area contributed by atoms with Gasteiger partial charge in [0.1, 0.15) is 5.82 Å². The molecule has 60 valence electrons. The molecule has 1 heterocycles. The third kappa shape index (κ3) is 1.04. The van der Waals surface area contributed by atoms with Crippen LogP contribution in [0.25, 0.3) is 0 Å². The average Bonchev–Trinajstić information content (AvgIpc) is 2.75. The van der Waals surface area contributed by atoms with Crippen molar-refractivity contribution in [2.75, 3.05) is 12.8 Å². The minimum Gasteiger partial charge on any atom is -0.468 e. The van der Waals surface area contributed by atoms with Crippen molar-refractivity contribution in [1.29, 1.82) is 0 Å². The minimum atomic E-state index is 0.536. The lowest BCUT2D eigenvalue weighted by molar-refractivity contribution is 0.357. The molecule has 0 amide bonds. The maximum absolute atomic E-state index is 5.51. The molecule has 0 aromatic carbocycles. The van der Waals surface area contributed by atoms with Gasteiger partial charge in [0.2, 0.25) is 0 Å². The molecule has 4 heteroatoms. The molecule has 0 atom stereocenters. The molecule has 2 rings (SSSR count). The summed E-state index contributed by atoms with van der Waals surface area (Å²) in [4.78, 5) is 4.01. The summed E-state index contributed by atoms with van der Waals surface area (Å²) in [5.41, 5.74) is 5.51. The minimum absolute atomic E-state index is 0.536. The third-order valence-corrected chi connectivity index (χ3v) is 1.84. The van der Waals surface area contributed by atoms with E-state index in [1.807, 2.05) is 10.8 Å². The zero-order valence-electron chi connectivity index (χ0n) is 6.45. The monoisotopic (exact) mass is 153 g/mol. The fourth-order valence-corrected chi connectivity index (χ4v) is 1.16. The van der Waals surface area contributed by atoms with Crippen LogP contribution >= 0.6 is 0 Å². The maximum Gasteiger partial charge on any atom is 0.298 e. The molecule has 2 N–H and O–H groups in total. The van der Waals surface area contributed by atoms with Gasteiger partial charge in [0, 0.05) is 6.04 Å². The number of methoxy groups -OCH3 is 1. The second kappa shape index (κ2) is 2.15. The molecular formula is C7H11N3O. The quantitative estimate of drug-likeness (QED) is 0.684. The standard InChI is InChI=1S/C7H11N3O/c1-11-7-9-6(8)4-10(7)5-2-3-5/h4-5H,2-3,8H2,1H3. The lowest BCUT2D eigenvalue weighted by Gasteiger charge is -2.01. The van der Waals surface area contributed by atoms with E-state index in [1.165, 1.54) is 12.8 Å². The summed E-state index contributed by atoms with van der Waals surface area (Å²) in [5.74, 6) is 0.536. The topological polar surface area (TPSA) is 53.1 Å². The molecule has 0 aliphatic heterocycles. The van der Waals surface area contributed by atoms with Gasteiger partial charge in [-0.2, -0.15) is 4.98 Å². The summed E-state index contributed by atoms with van der Waals surface area (Å²) in [5, 5.41) is 0. The van der Waals surface area contributed by atoms with Crippen LogP contribution in [0.2, 0.25) is 0 Å². The number of aromatic nitrogens is 2. The highest BCUT2D eigenvalue weighted by Crippen LogP contribution is 2.38. The fourth-order valence-electron chi connectivity index (χ4n) is 1.16. The molecule has 1 aliphatic carbocycles. The number of rotatable bonds is 2. The van der Waals surface area contributed by atoms with Gasteiger partial charge in [-0.15, -0.1) is 0 Å². The molecule has 0 spiro atoms. The maximum atomic E-state index is 5.51. The van der Waals surface area contributed by atoms with Gasteiger partial charge in [-0.05, 0) is 12.8 Å². The lowest BCUT2D eigenvalue weighted by atomic mass is 10.6. The zero-order valence-corrected chi connectivity index (χ0v) is 6.45. The summed E-state index contributed by atoms with van der Waals surface area (Å²) in [7, 11) is 1.61. The Balaban J connectivity index is 2.34. The molecule has 0 radical (unpaired) electrons. The molecule has 0 saturated heterocycles. The molecule has 1 aromatic heterocycles. The number of nitrogen functional groups attached to an aromatic ring is 1. The van der Waals surface area contributed by atoms with Crippen LogP contribution in [0.15, 0.2) is 6.20 Å². The normalized spacial score (nSPS) is 16.8. The van der Waals surface area contributed by atoms with Crippen LogP contribution < -0.4 is 10.5 Å². The number of hydrogen-bond donors (Lipinski definition) is 1. The molecule has 4 nitrogen and oxygen atoms in total. The Morgan fingerprint density at radius 2 is 2.45 bits per heavy atom. The summed E-state index contributed by atoms with van der Waals surface area (Å²) in [6, 6.07) is 1.21. The number of imidazole rings is 1. The van der Waals surface area contributed by atoms with Crippen molar-refractivity contribution in [3.63, 3.8) is 0 Å². The fraction of sp³-hybridized carbons (Fsp3) is 0.571. The molecule has 0 unspecified atom stereocenters. The van der Waals surface area contributed by atoms with E-state index in [-0.39, 0.29) is 0 Å². The number of ether oxygens (including phenoxy) is 1. The van der Waals surface area contributed by atoms with Gasteiger partial charge in [0.25, 0.3) is 6.01 Å². The summed E-state index contributed by atoms with van der Waals surface area (Å²) in [6.07, 6.45) is 4.26. The molecular weight excluding hydrogens is 142 g/mol. The van der Waals surface area contributed by atoms with E-state index in [9.17, 15) is 0 Å². The van der Waals surface area contributed by atoms with E-state index in [0.717, 1.165) is 0 Å². The molecule has 0 bridgehead atoms. The largest absolute Gasteiger partial charge is 0.468 e. The van der Waals surface area contributed by atoms with Crippen molar-refractivity contribution in [2.45, 2.75) is 18.9 Å². The highest BCUT2D eigenvalue weighted by Gasteiger charge is 2.26. The van der Waals surface area contributed by atoms with Crippen LogP contribution in [-0.4, -0.2) is 16.7 Å². The molecule has 1 aliphatic rings. The lowest BCUT2D eigenvalue weighted by Crippen LogP contribution is -1.96. The first-order valence-corrected chi connectivity index (χ1v) is 3.69. The van der Waals surface area contributed by atoms with E-state index >= 15 is 0 Å². The Morgan fingerprint density at radius 1 is 1.73 bits per heavy atom. The van der Waals surface area contributed by atoms with Gasteiger partial charge < -0.3 is 10.5 Å². The van der Waals surface area contributed by atoms with Crippen LogP contribution in [-0.2, 0) is 0 Å². The first-order chi connectivity index (χ1) is 5.31. The first-order valence-electron chi connectivity index (χ1n) is 3.69. The molecule has 11 heavy (non-hydrogen) atoms. The van der Waals surface area contributed by atoms with E-state index in [4.69, 9.17) is 10.5 Å². The Morgan fingerprint density at radius 3 is 3.00 bits per heavy atom. The van der Waals surface area contributed by atoms with Crippen LogP contribution in [0, 0.1) is 0 Å². The Kier molecular flexibility index (Phi) is 1.27. The van der Waals surface area contributed by atoms with Crippen LogP contribution in [0.3, 0.4) is 0 Å². The highest BCUT2D eigenvalue weighted by molar-refractivity contribution is 5.29. The van der Waals surface area contributed by atoms with E-state index in [2.05, 4.69) is 4.98 Å². The van der Waals surface area contributed by atoms with Gasteiger partial charge in [0.05, 0.1) is 13.3 Å². The van der Waals surface area contributed by atoms with Crippen molar-refractivity contribution in [1.82, 2.24) is 9.55 Å². The Labute approximate surface area is 65.0 Å². The Hall–Kier alpha value is -1.19. The van der Waals surface area contributed by atoms with E-state index < -0.39 is 0 Å². The van der Waals surface area contributed by atoms with Crippen LogP contribution in [0.1, 0.15) is 18.9 Å². The summed E-state index contributed by atoms with van der Waals surface area (Å²) >= 11 is 0. The second-order valence-electron chi connectivity index (χ2n) is 2.79. The van der Waals surface area contributed by atoms with E-state index in [0.29, 0.717) is 17.9 Å². The van der Waals surface area contributed by atoms with Gasteiger partial charge in [-0.1, -0.05) is 0 Å². The summed E-state index contributed by atoms with van der Waals surface area (Å²) in [6.45, 7) is 0. The zero-order chi connectivity index (χ0) is 7.84. The van der Waals surface area contributed by atoms with Crippen LogP contribution in [0.5, 0.6) is 6.01 Å². The van der Waals surface area contributed by atoms with Gasteiger partial charge in [-0.25, -0.2) is 0 Å². The van der Waals surface area contributed by atoms with Gasteiger partial charge >= 0.3 is 0 Å². The van der Waals surface area contributed by atoms with Gasteiger partial charge in [0.15, 0.2) is 0 Å². The molecule has 1 aromatic rings. The first kappa shape index (κ1) is 6.52. The predicted octanol–water partition coefficient (Wildman–Crippen LogP) is 0.809. The molecule has 1 saturated carbocycles. The van der Waals surface area contributed by atoms with Crippen molar-refractivity contribution < 1.29 is 4.74 Å². The number of anilines is 1.